The van der Waals surface area contributed by atoms with Gasteiger partial charge < -0.3 is 20.1 Å². The summed E-state index contributed by atoms with van der Waals surface area (Å²) in [7, 11) is -4.39. The molecule has 0 amide bonds. The molecule has 0 bridgehead atoms. The Kier molecular flexibility index (Phi) is 56.2. The molecule has 0 radical (unpaired) electrons. The van der Waals surface area contributed by atoms with Gasteiger partial charge in [-0.1, -0.05) is 253 Å². The average molecular weight is 1040 g/mol. The van der Waals surface area contributed by atoms with E-state index in [0.29, 0.717) is 6.42 Å². The summed E-state index contributed by atoms with van der Waals surface area (Å²) in [5.41, 5.74) is 5.39. The number of unbranched alkanes of at least 4 members (excludes halogenated alkanes) is 29. The van der Waals surface area contributed by atoms with E-state index in [0.717, 1.165) is 83.5 Å². The second kappa shape index (κ2) is 58.5. The molecule has 3 N–H and O–H groups in total. The fraction of sp³-hybridized carbons (Fsp3) is 0.746. The zero-order valence-electron chi connectivity index (χ0n) is 47.1. The Balaban J connectivity index is 3.98. The van der Waals surface area contributed by atoms with Gasteiger partial charge in [0.25, 0.3) is 0 Å². The molecule has 0 aromatic rings. The van der Waals surface area contributed by atoms with Crippen molar-refractivity contribution in [1.82, 2.24) is 0 Å². The minimum atomic E-state index is -4.39. The van der Waals surface area contributed by atoms with Crippen LogP contribution in [0.1, 0.15) is 271 Å². The van der Waals surface area contributed by atoms with Crippen LogP contribution in [0.3, 0.4) is 0 Å². The normalized spacial score (nSPS) is 13.6. The summed E-state index contributed by atoms with van der Waals surface area (Å²) >= 11 is 0. The molecule has 0 saturated heterocycles. The first kappa shape index (κ1) is 70.2. The third-order valence-electron chi connectivity index (χ3n) is 12.8. The van der Waals surface area contributed by atoms with Crippen molar-refractivity contribution in [3.63, 3.8) is 0 Å². The van der Waals surface area contributed by atoms with Crippen molar-refractivity contribution in [2.24, 2.45) is 5.73 Å². The third-order valence-corrected chi connectivity index (χ3v) is 13.7. The first-order valence-corrected chi connectivity index (χ1v) is 31.6. The summed E-state index contributed by atoms with van der Waals surface area (Å²) in [5, 5.41) is 0. The minimum Gasteiger partial charge on any atom is -0.462 e. The van der Waals surface area contributed by atoms with E-state index in [1.807, 2.05) is 0 Å². The summed E-state index contributed by atoms with van der Waals surface area (Å²) < 4.78 is 33.1. The Labute approximate surface area is 449 Å². The summed E-state index contributed by atoms with van der Waals surface area (Å²) in [6.07, 6.45) is 76.4. The van der Waals surface area contributed by atoms with Gasteiger partial charge in [0.05, 0.1) is 13.2 Å². The highest BCUT2D eigenvalue weighted by molar-refractivity contribution is 7.47. The predicted octanol–water partition coefficient (Wildman–Crippen LogP) is 19.1. The lowest BCUT2D eigenvalue weighted by Crippen LogP contribution is -2.29. The zero-order chi connectivity index (χ0) is 53.1. The number of ether oxygens (including phenoxy) is 2. The van der Waals surface area contributed by atoms with E-state index in [4.69, 9.17) is 24.3 Å². The van der Waals surface area contributed by atoms with Crippen LogP contribution in [-0.4, -0.2) is 49.3 Å². The molecule has 2 unspecified atom stereocenters. The number of phosphoric ester groups is 1. The van der Waals surface area contributed by atoms with Gasteiger partial charge in [0.15, 0.2) is 6.10 Å². The van der Waals surface area contributed by atoms with Crippen molar-refractivity contribution in [3.05, 3.63) is 85.1 Å². The van der Waals surface area contributed by atoms with Gasteiger partial charge in [-0.25, -0.2) is 4.57 Å². The van der Waals surface area contributed by atoms with Crippen LogP contribution in [0, 0.1) is 0 Å². The van der Waals surface area contributed by atoms with Crippen molar-refractivity contribution < 1.29 is 37.6 Å². The average Bonchev–Trinajstić information content (AvgIpc) is 3.38. The molecule has 0 aliphatic carbocycles. The third kappa shape index (κ3) is 58.3. The largest absolute Gasteiger partial charge is 0.472 e. The van der Waals surface area contributed by atoms with Gasteiger partial charge in [-0.3, -0.25) is 18.6 Å². The second-order valence-corrected chi connectivity index (χ2v) is 21.3. The predicted molar refractivity (Wildman–Crippen MR) is 312 cm³/mol. The summed E-state index contributed by atoms with van der Waals surface area (Å²) in [6, 6.07) is 0. The minimum absolute atomic E-state index is 0.0498. The van der Waals surface area contributed by atoms with Crippen LogP contribution in [-0.2, 0) is 32.7 Å². The number of carbonyl (C=O) groups is 2. The lowest BCUT2D eigenvalue weighted by molar-refractivity contribution is -0.161. The SMILES string of the molecule is CC/C=C\C/C=C\C/C=C\C/C=C\C/C=C\C/C=C\CCCCCCCCCCCCC(=O)OC(COC(=O)CCCCCCCCCCCCC/C=C\CCCCCCCCCC)COP(=O)(O)OCCN. The van der Waals surface area contributed by atoms with E-state index in [1.165, 1.54) is 154 Å². The lowest BCUT2D eigenvalue weighted by Gasteiger charge is -2.19. The Morgan fingerprint density at radius 3 is 1.14 bits per heavy atom. The molecule has 0 fully saturated rings. The van der Waals surface area contributed by atoms with Crippen LogP contribution in [0.25, 0.3) is 0 Å². The van der Waals surface area contributed by atoms with Gasteiger partial charge in [0.2, 0.25) is 0 Å². The van der Waals surface area contributed by atoms with Gasteiger partial charge >= 0.3 is 19.8 Å². The topological polar surface area (TPSA) is 134 Å². The molecular formula is C63H112NO8P. The van der Waals surface area contributed by atoms with Crippen LogP contribution in [0.4, 0.5) is 0 Å². The molecule has 0 aromatic heterocycles. The highest BCUT2D eigenvalue weighted by Gasteiger charge is 2.26. The van der Waals surface area contributed by atoms with Crippen LogP contribution >= 0.6 is 7.82 Å². The van der Waals surface area contributed by atoms with Crippen LogP contribution < -0.4 is 5.73 Å². The maximum absolute atomic E-state index is 12.7. The molecular weight excluding hydrogens is 930 g/mol. The van der Waals surface area contributed by atoms with Crippen molar-refractivity contribution in [1.29, 1.82) is 0 Å². The molecule has 0 rings (SSSR count). The van der Waals surface area contributed by atoms with Gasteiger partial charge in [-0.15, -0.1) is 0 Å². The van der Waals surface area contributed by atoms with Crippen molar-refractivity contribution in [2.45, 2.75) is 277 Å². The van der Waals surface area contributed by atoms with E-state index in [2.05, 4.69) is 98.9 Å². The standard InChI is InChI=1S/C63H112NO8P/c1-3-5-7-9-11-13-15-17-19-21-23-25-27-28-29-30-31-32-34-36-38-40-42-44-46-48-50-52-54-56-63(66)72-61(60-71-73(67,68)70-58-57-64)59-69-62(65)55-53-51-49-47-45-43-41-39-37-35-33-26-24-22-20-18-16-14-12-10-8-6-4-2/h5,7,11,13,17,19,22-25,28-29,31-32,61H,3-4,6,8-10,12,14-16,18,20-21,26-27,30,33-60,64H2,1-2H3,(H,67,68)/b7-5-,13-11-,19-17-,24-22-,25-23-,29-28-,32-31-. The van der Waals surface area contributed by atoms with E-state index in [9.17, 15) is 19.0 Å². The summed E-state index contributed by atoms with van der Waals surface area (Å²) in [4.78, 5) is 35.2. The van der Waals surface area contributed by atoms with Gasteiger partial charge in [0, 0.05) is 19.4 Å². The Morgan fingerprint density at radius 2 is 0.753 bits per heavy atom. The Hall–Kier alpha value is -2.81. The van der Waals surface area contributed by atoms with Crippen LogP contribution in [0.15, 0.2) is 85.1 Å². The van der Waals surface area contributed by atoms with Gasteiger partial charge in [-0.05, 0) is 89.9 Å². The monoisotopic (exact) mass is 1040 g/mol. The van der Waals surface area contributed by atoms with Gasteiger partial charge in [-0.2, -0.15) is 0 Å². The summed E-state index contributed by atoms with van der Waals surface area (Å²) in [6.45, 7) is 3.65. The number of hydrogen-bond acceptors (Lipinski definition) is 8. The number of rotatable bonds is 56. The maximum Gasteiger partial charge on any atom is 0.472 e. The molecule has 9 nitrogen and oxygen atoms in total. The maximum atomic E-state index is 12.7. The van der Waals surface area contributed by atoms with Crippen LogP contribution in [0.5, 0.6) is 0 Å². The molecule has 0 heterocycles. The van der Waals surface area contributed by atoms with E-state index in [1.54, 1.807) is 0 Å². The van der Waals surface area contributed by atoms with E-state index >= 15 is 0 Å². The number of nitrogens with two attached hydrogens (primary N) is 1. The molecule has 0 spiro atoms. The lowest BCUT2D eigenvalue weighted by atomic mass is 10.0. The zero-order valence-corrected chi connectivity index (χ0v) is 48.0. The number of esters is 2. The molecule has 0 saturated carbocycles. The van der Waals surface area contributed by atoms with Crippen LogP contribution in [0.2, 0.25) is 0 Å². The fourth-order valence-electron chi connectivity index (χ4n) is 8.34. The second-order valence-electron chi connectivity index (χ2n) is 19.8. The molecule has 0 aliphatic rings. The smallest absolute Gasteiger partial charge is 0.462 e. The highest BCUT2D eigenvalue weighted by Crippen LogP contribution is 2.43. The van der Waals surface area contributed by atoms with Crippen molar-refractivity contribution >= 4 is 19.8 Å². The molecule has 0 aromatic carbocycles. The Bertz CT molecular complexity index is 1470. The number of carbonyl (C=O) groups excluding carboxylic acids is 2. The number of hydrogen-bond donors (Lipinski definition) is 2. The van der Waals surface area contributed by atoms with Crippen molar-refractivity contribution in [2.75, 3.05) is 26.4 Å². The van der Waals surface area contributed by atoms with Crippen molar-refractivity contribution in [3.8, 4) is 0 Å². The first-order chi connectivity index (χ1) is 35.8. The molecule has 0 aliphatic heterocycles. The fourth-order valence-corrected chi connectivity index (χ4v) is 9.11. The molecule has 422 valence electrons. The van der Waals surface area contributed by atoms with Gasteiger partial charge in [0.1, 0.15) is 6.61 Å². The highest BCUT2D eigenvalue weighted by atomic mass is 31.2. The number of phosphoric acid groups is 1. The Morgan fingerprint density at radius 1 is 0.425 bits per heavy atom. The van der Waals surface area contributed by atoms with E-state index < -0.39 is 26.5 Å². The quantitative estimate of drug-likeness (QED) is 0.0264. The first-order valence-electron chi connectivity index (χ1n) is 30.1. The molecule has 73 heavy (non-hydrogen) atoms. The molecule has 2 atom stereocenters. The van der Waals surface area contributed by atoms with E-state index in [-0.39, 0.29) is 38.6 Å². The summed E-state index contributed by atoms with van der Waals surface area (Å²) in [5.74, 6) is -0.830. The number of allylic oxidation sites excluding steroid dienone is 14. The molecule has 10 heteroatoms.